The molecule has 118 valence electrons. The van der Waals surface area contributed by atoms with Crippen molar-refractivity contribution in [2.75, 3.05) is 11.5 Å². The molecule has 0 aliphatic carbocycles. The largest absolute Gasteiger partial charge is 0.481 e. The van der Waals surface area contributed by atoms with Gasteiger partial charge in [0.1, 0.15) is 0 Å². The quantitative estimate of drug-likeness (QED) is 0.837. The smallest absolute Gasteiger partial charge is 0.348 e. The van der Waals surface area contributed by atoms with Crippen LogP contribution in [0.25, 0.3) is 0 Å². The van der Waals surface area contributed by atoms with Crippen molar-refractivity contribution in [1.29, 1.82) is 0 Å². The van der Waals surface area contributed by atoms with Crippen LogP contribution in [0.2, 0.25) is 0 Å². The maximum atomic E-state index is 12.2. The number of aliphatic carboxylic acids is 1. The van der Waals surface area contributed by atoms with Crippen LogP contribution in [0.3, 0.4) is 0 Å². The molecule has 0 spiro atoms. The molecule has 6 heteroatoms. The molecule has 0 aliphatic heterocycles. The molecule has 0 amide bonds. The molecule has 0 saturated carbocycles. The summed E-state index contributed by atoms with van der Waals surface area (Å²) in [5.74, 6) is 0.521. The fraction of sp³-hybridized carbons (Fsp3) is 0.667. The van der Waals surface area contributed by atoms with Gasteiger partial charge in [0.2, 0.25) is 0 Å². The zero-order chi connectivity index (χ0) is 16.2. The van der Waals surface area contributed by atoms with E-state index in [1.807, 2.05) is 13.8 Å². The number of nitrogens with zero attached hydrogens (tertiary/aromatic N) is 2. The fourth-order valence-electron chi connectivity index (χ4n) is 2.39. The number of carboxylic acid groups (broad SMARTS) is 1. The summed E-state index contributed by atoms with van der Waals surface area (Å²) in [6.07, 6.45) is 0.397. The highest BCUT2D eigenvalue weighted by Gasteiger charge is 2.20. The van der Waals surface area contributed by atoms with Crippen LogP contribution in [0.4, 0.5) is 0 Å². The van der Waals surface area contributed by atoms with E-state index in [4.69, 9.17) is 5.11 Å². The number of thioether (sulfide) groups is 1. The first-order valence-corrected chi connectivity index (χ1v) is 8.34. The van der Waals surface area contributed by atoms with Gasteiger partial charge in [0, 0.05) is 23.2 Å². The Balaban J connectivity index is 3.22. The average molecular weight is 312 g/mol. The zero-order valence-electron chi connectivity index (χ0n) is 13.3. The maximum Gasteiger partial charge on any atom is 0.348 e. The fourth-order valence-corrected chi connectivity index (χ4v) is 3.11. The molecule has 1 heterocycles. The minimum atomic E-state index is -0.832. The Hall–Kier alpha value is -1.30. The van der Waals surface area contributed by atoms with Crippen LogP contribution < -0.4 is 5.69 Å². The van der Waals surface area contributed by atoms with Gasteiger partial charge in [-0.05, 0) is 38.5 Å². The third kappa shape index (κ3) is 4.33. The molecule has 2 unspecified atom stereocenters. The van der Waals surface area contributed by atoms with Crippen LogP contribution in [-0.4, -0.2) is 32.1 Å². The van der Waals surface area contributed by atoms with Gasteiger partial charge in [0.15, 0.2) is 0 Å². The number of rotatable bonds is 7. The monoisotopic (exact) mass is 312 g/mol. The van der Waals surface area contributed by atoms with Crippen LogP contribution in [0.5, 0.6) is 0 Å². The summed E-state index contributed by atoms with van der Waals surface area (Å²) >= 11 is 1.78. The second kappa shape index (κ2) is 7.64. The minimum absolute atomic E-state index is 0.0504. The van der Waals surface area contributed by atoms with E-state index in [1.165, 1.54) is 0 Å². The normalized spacial score (nSPS) is 14.0. The van der Waals surface area contributed by atoms with Crippen molar-refractivity contribution < 1.29 is 9.90 Å². The standard InChI is InChI=1S/C15H24N2O3S/c1-6-21-8-10(3)17-12(5)13(7-9(2)14(18)19)11(4)16-15(17)20/h9-10H,6-8H2,1-5H3,(H,18,19). The molecule has 1 aromatic heterocycles. The highest BCUT2D eigenvalue weighted by molar-refractivity contribution is 7.99. The molecule has 0 radical (unpaired) electrons. The summed E-state index contributed by atoms with van der Waals surface area (Å²) in [7, 11) is 0. The molecule has 1 aromatic rings. The van der Waals surface area contributed by atoms with Crippen LogP contribution >= 0.6 is 11.8 Å². The van der Waals surface area contributed by atoms with Gasteiger partial charge >= 0.3 is 11.7 Å². The van der Waals surface area contributed by atoms with E-state index in [1.54, 1.807) is 30.2 Å². The highest BCUT2D eigenvalue weighted by atomic mass is 32.2. The number of aromatic nitrogens is 2. The molecule has 1 N–H and O–H groups in total. The van der Waals surface area contributed by atoms with Crippen LogP contribution in [-0.2, 0) is 11.2 Å². The van der Waals surface area contributed by atoms with Gasteiger partial charge in [0.05, 0.1) is 5.92 Å². The Morgan fingerprint density at radius 2 is 2.00 bits per heavy atom. The molecule has 0 fully saturated rings. The van der Waals surface area contributed by atoms with E-state index < -0.39 is 11.9 Å². The lowest BCUT2D eigenvalue weighted by Crippen LogP contribution is -2.32. The number of carbonyl (C=O) groups is 1. The van der Waals surface area contributed by atoms with Crippen LogP contribution in [0, 0.1) is 19.8 Å². The first-order chi connectivity index (χ1) is 9.79. The van der Waals surface area contributed by atoms with Crippen molar-refractivity contribution in [2.24, 2.45) is 5.92 Å². The van der Waals surface area contributed by atoms with Gasteiger partial charge in [-0.3, -0.25) is 9.36 Å². The topological polar surface area (TPSA) is 72.2 Å². The first kappa shape index (κ1) is 17.8. The maximum absolute atomic E-state index is 12.2. The Morgan fingerprint density at radius 1 is 1.38 bits per heavy atom. The second-order valence-electron chi connectivity index (χ2n) is 5.37. The summed E-state index contributed by atoms with van der Waals surface area (Å²) in [6.45, 7) is 9.41. The molecular formula is C15H24N2O3S. The SMILES string of the molecule is CCSCC(C)n1c(C)c(CC(C)C(=O)O)c(C)nc1=O. The molecular weight excluding hydrogens is 288 g/mol. The van der Waals surface area contributed by atoms with Crippen molar-refractivity contribution >= 4 is 17.7 Å². The van der Waals surface area contributed by atoms with Crippen LogP contribution in [0.1, 0.15) is 43.8 Å². The number of hydrogen-bond acceptors (Lipinski definition) is 4. The molecule has 5 nitrogen and oxygen atoms in total. The molecule has 0 aromatic carbocycles. The van der Waals surface area contributed by atoms with Gasteiger partial charge in [-0.15, -0.1) is 0 Å². The van der Waals surface area contributed by atoms with E-state index in [2.05, 4.69) is 11.9 Å². The van der Waals surface area contributed by atoms with Crippen molar-refractivity contribution in [3.05, 3.63) is 27.4 Å². The Bertz CT molecular complexity index is 569. The predicted octanol–water partition coefficient (Wildman–Crippen LogP) is 2.44. The lowest BCUT2D eigenvalue weighted by Gasteiger charge is -2.21. The Morgan fingerprint density at radius 3 is 2.52 bits per heavy atom. The molecule has 1 rings (SSSR count). The van der Waals surface area contributed by atoms with E-state index in [9.17, 15) is 9.59 Å². The third-order valence-electron chi connectivity index (χ3n) is 3.64. The lowest BCUT2D eigenvalue weighted by atomic mass is 9.98. The summed E-state index contributed by atoms with van der Waals surface area (Å²) in [4.78, 5) is 27.3. The van der Waals surface area contributed by atoms with Crippen molar-refractivity contribution in [2.45, 2.75) is 47.1 Å². The average Bonchev–Trinajstić information content (AvgIpc) is 2.40. The van der Waals surface area contributed by atoms with Crippen molar-refractivity contribution in [3.63, 3.8) is 0 Å². The summed E-state index contributed by atoms with van der Waals surface area (Å²) in [5, 5.41) is 9.08. The van der Waals surface area contributed by atoms with E-state index in [-0.39, 0.29) is 11.7 Å². The third-order valence-corrected chi connectivity index (χ3v) is 4.77. The molecule has 0 bridgehead atoms. The van der Waals surface area contributed by atoms with Crippen molar-refractivity contribution in [3.8, 4) is 0 Å². The van der Waals surface area contributed by atoms with Crippen LogP contribution in [0.15, 0.2) is 4.79 Å². The number of aryl methyl sites for hydroxylation is 1. The zero-order valence-corrected chi connectivity index (χ0v) is 14.2. The van der Waals surface area contributed by atoms with E-state index in [0.29, 0.717) is 12.1 Å². The summed E-state index contributed by atoms with van der Waals surface area (Å²) in [6, 6.07) is 0.0504. The summed E-state index contributed by atoms with van der Waals surface area (Å²) in [5.41, 5.74) is 2.10. The predicted molar refractivity (Wildman–Crippen MR) is 86.2 cm³/mol. The molecule has 0 saturated heterocycles. The number of hydrogen-bond donors (Lipinski definition) is 1. The molecule has 0 aliphatic rings. The first-order valence-electron chi connectivity index (χ1n) is 7.18. The highest BCUT2D eigenvalue weighted by Crippen LogP contribution is 2.19. The van der Waals surface area contributed by atoms with Crippen molar-refractivity contribution in [1.82, 2.24) is 9.55 Å². The van der Waals surface area contributed by atoms with Gasteiger partial charge in [-0.2, -0.15) is 16.7 Å². The van der Waals surface area contributed by atoms with Gasteiger partial charge in [-0.25, -0.2) is 4.79 Å². The lowest BCUT2D eigenvalue weighted by molar-refractivity contribution is -0.141. The van der Waals surface area contributed by atoms with Gasteiger partial charge in [-0.1, -0.05) is 13.8 Å². The van der Waals surface area contributed by atoms with E-state index >= 15 is 0 Å². The Labute approximate surface area is 129 Å². The summed E-state index contributed by atoms with van der Waals surface area (Å²) < 4.78 is 1.69. The van der Waals surface area contributed by atoms with Gasteiger partial charge < -0.3 is 5.11 Å². The van der Waals surface area contributed by atoms with Gasteiger partial charge in [0.25, 0.3) is 0 Å². The number of carboxylic acids is 1. The Kier molecular flexibility index (Phi) is 6.45. The minimum Gasteiger partial charge on any atom is -0.481 e. The molecule has 2 atom stereocenters. The molecule has 21 heavy (non-hydrogen) atoms. The van der Waals surface area contributed by atoms with E-state index in [0.717, 1.165) is 22.8 Å². The second-order valence-corrected chi connectivity index (χ2v) is 6.68.